The van der Waals surface area contributed by atoms with Gasteiger partial charge in [-0.1, -0.05) is 27.5 Å². The Hall–Kier alpha value is -2.80. The molecule has 0 radical (unpaired) electrons. The molecule has 1 aromatic carbocycles. The van der Waals surface area contributed by atoms with Crippen molar-refractivity contribution in [2.24, 2.45) is 0 Å². The van der Waals surface area contributed by atoms with Crippen LogP contribution in [0, 0.1) is 6.92 Å². The van der Waals surface area contributed by atoms with Gasteiger partial charge in [0.05, 0.1) is 30.0 Å². The minimum atomic E-state index is -1.27. The van der Waals surface area contributed by atoms with Crippen LogP contribution in [0.25, 0.3) is 5.82 Å². The second-order valence-electron chi connectivity index (χ2n) is 6.90. The maximum Gasteiger partial charge on any atom is 0.330 e. The van der Waals surface area contributed by atoms with Gasteiger partial charge in [-0.3, -0.25) is 9.59 Å². The third kappa shape index (κ3) is 5.63. The normalized spacial score (nSPS) is 11.6. The lowest BCUT2D eigenvalue weighted by Crippen LogP contribution is -2.44. The number of aromatic nitrogens is 3. The van der Waals surface area contributed by atoms with Gasteiger partial charge in [0.15, 0.2) is 11.9 Å². The molecule has 0 aliphatic heterocycles. The van der Waals surface area contributed by atoms with E-state index in [4.69, 9.17) is 11.6 Å². The highest BCUT2D eigenvalue weighted by Gasteiger charge is 2.25. The number of aryl methyl sites for hydroxylation is 1. The van der Waals surface area contributed by atoms with Crippen LogP contribution < -0.4 is 10.6 Å². The lowest BCUT2D eigenvalue weighted by Gasteiger charge is -2.18. The Balaban J connectivity index is 1.98. The number of methoxy groups -OCH3 is 1. The number of hydrogen-bond donors (Lipinski definition) is 3. The molecule has 3 aromatic rings. The lowest BCUT2D eigenvalue weighted by atomic mass is 10.1. The van der Waals surface area contributed by atoms with Gasteiger partial charge in [0.1, 0.15) is 10.3 Å². The van der Waals surface area contributed by atoms with Gasteiger partial charge in [-0.15, -0.1) is 0 Å². The first-order valence-electron chi connectivity index (χ1n) is 9.63. The average molecular weight is 616 g/mol. The van der Waals surface area contributed by atoms with E-state index in [9.17, 15) is 19.5 Å². The number of esters is 1. The summed E-state index contributed by atoms with van der Waals surface area (Å²) in [6.45, 7) is 1.04. The number of amides is 2. The molecule has 0 unspecified atom stereocenters. The highest BCUT2D eigenvalue weighted by atomic mass is 79.9. The van der Waals surface area contributed by atoms with E-state index in [0.717, 1.165) is 7.11 Å². The summed E-state index contributed by atoms with van der Waals surface area (Å²) in [6.07, 6.45) is 1.51. The van der Waals surface area contributed by atoms with E-state index in [1.54, 1.807) is 25.1 Å². The summed E-state index contributed by atoms with van der Waals surface area (Å²) in [5.41, 5.74) is 0.920. The van der Waals surface area contributed by atoms with Crippen LogP contribution in [0.15, 0.2) is 45.6 Å². The van der Waals surface area contributed by atoms with E-state index in [-0.39, 0.29) is 27.8 Å². The van der Waals surface area contributed by atoms with Crippen LogP contribution in [-0.2, 0) is 9.53 Å². The van der Waals surface area contributed by atoms with Crippen LogP contribution in [0.2, 0.25) is 5.02 Å². The number of carbonyl (C=O) groups excluding carboxylic acids is 3. The number of aliphatic hydroxyl groups excluding tert-OH is 1. The number of rotatable bonds is 7. The van der Waals surface area contributed by atoms with E-state index in [2.05, 4.69) is 57.3 Å². The number of nitrogens with zero attached hydrogens (tertiary/aromatic N) is 3. The summed E-state index contributed by atoms with van der Waals surface area (Å²) in [5.74, 6) is -1.86. The monoisotopic (exact) mass is 613 g/mol. The van der Waals surface area contributed by atoms with Crippen molar-refractivity contribution >= 4 is 66.9 Å². The van der Waals surface area contributed by atoms with Crippen LogP contribution in [0.3, 0.4) is 0 Å². The van der Waals surface area contributed by atoms with Gasteiger partial charge >= 0.3 is 5.97 Å². The largest absolute Gasteiger partial charge is 0.467 e. The minimum Gasteiger partial charge on any atom is -0.467 e. The molecule has 1 atom stereocenters. The maximum atomic E-state index is 13.3. The first-order chi connectivity index (χ1) is 16.2. The molecule has 2 heterocycles. The Morgan fingerprint density at radius 2 is 1.97 bits per heavy atom. The topological polar surface area (TPSA) is 135 Å². The Labute approximate surface area is 215 Å². The summed E-state index contributed by atoms with van der Waals surface area (Å²) in [7, 11) is 1.14. The fraction of sp³-hybridized carbons (Fsp3) is 0.190. The van der Waals surface area contributed by atoms with Crippen molar-refractivity contribution in [3.05, 3.63) is 67.4 Å². The second kappa shape index (κ2) is 11.1. The van der Waals surface area contributed by atoms with Crippen LogP contribution >= 0.6 is 43.5 Å². The molecule has 13 heteroatoms. The number of ether oxygens (including phenoxy) is 1. The predicted octanol–water partition coefficient (Wildman–Crippen LogP) is 3.27. The van der Waals surface area contributed by atoms with Crippen LogP contribution in [0.4, 0.5) is 5.69 Å². The highest BCUT2D eigenvalue weighted by Crippen LogP contribution is 2.28. The van der Waals surface area contributed by atoms with E-state index in [1.165, 1.54) is 23.0 Å². The highest BCUT2D eigenvalue weighted by molar-refractivity contribution is 9.10. The Kier molecular flexibility index (Phi) is 8.42. The number of nitrogens with one attached hydrogen (secondary N) is 2. The maximum absolute atomic E-state index is 13.3. The van der Waals surface area contributed by atoms with Gasteiger partial charge in [0.25, 0.3) is 11.8 Å². The average Bonchev–Trinajstić information content (AvgIpc) is 3.20. The Morgan fingerprint density at radius 3 is 2.62 bits per heavy atom. The fourth-order valence-electron chi connectivity index (χ4n) is 3.03. The van der Waals surface area contributed by atoms with Gasteiger partial charge in [-0.05, 0) is 52.7 Å². The fourth-order valence-corrected chi connectivity index (χ4v) is 4.18. The van der Waals surface area contributed by atoms with Gasteiger partial charge in [-0.2, -0.15) is 5.10 Å². The molecule has 2 aromatic heterocycles. The van der Waals surface area contributed by atoms with Gasteiger partial charge in [-0.25, -0.2) is 14.5 Å². The second-order valence-corrected chi connectivity index (χ2v) is 9.04. The van der Waals surface area contributed by atoms with Gasteiger partial charge in [0, 0.05) is 16.7 Å². The number of carbonyl (C=O) groups is 3. The molecule has 0 saturated carbocycles. The van der Waals surface area contributed by atoms with Crippen molar-refractivity contribution in [2.75, 3.05) is 19.0 Å². The molecule has 0 fully saturated rings. The number of halogens is 3. The predicted molar refractivity (Wildman–Crippen MR) is 131 cm³/mol. The van der Waals surface area contributed by atoms with Gasteiger partial charge < -0.3 is 20.5 Å². The molecule has 34 heavy (non-hydrogen) atoms. The van der Waals surface area contributed by atoms with Crippen LogP contribution in [0.5, 0.6) is 0 Å². The Bertz CT molecular complexity index is 1270. The standard InChI is InChI=1S/C21H18Br2ClN5O5/c1-10-6-11(22)7-12(19(31)26-14(9-30)21(33)34-2)17(10)27-20(32)15-8-16(23)28-29(15)18-13(24)4-3-5-25-18/h3-8,14,30H,9H2,1-2H3,(H,26,31)(H,27,32)/t14-/m0/s1. The zero-order chi connectivity index (χ0) is 25.0. The molecule has 2 amide bonds. The van der Waals surface area contributed by atoms with Crippen molar-refractivity contribution < 1.29 is 24.2 Å². The smallest absolute Gasteiger partial charge is 0.330 e. The zero-order valence-electron chi connectivity index (χ0n) is 17.8. The molecular weight excluding hydrogens is 598 g/mol. The third-order valence-electron chi connectivity index (χ3n) is 4.61. The molecule has 178 valence electrons. The molecule has 0 spiro atoms. The first-order valence-corrected chi connectivity index (χ1v) is 11.6. The van der Waals surface area contributed by atoms with E-state index >= 15 is 0 Å². The molecular formula is C21H18Br2ClN5O5. The third-order valence-corrected chi connectivity index (χ3v) is 5.75. The van der Waals surface area contributed by atoms with Crippen molar-refractivity contribution in [3.8, 4) is 5.82 Å². The molecule has 10 nitrogen and oxygen atoms in total. The molecule has 0 bridgehead atoms. The van der Waals surface area contributed by atoms with Crippen LogP contribution in [-0.4, -0.2) is 57.4 Å². The van der Waals surface area contributed by atoms with E-state index in [0.29, 0.717) is 14.6 Å². The van der Waals surface area contributed by atoms with Crippen molar-refractivity contribution in [3.63, 3.8) is 0 Å². The summed E-state index contributed by atoms with van der Waals surface area (Å²) in [6, 6.07) is 6.65. The number of hydrogen-bond acceptors (Lipinski definition) is 7. The van der Waals surface area contributed by atoms with Crippen molar-refractivity contribution in [1.82, 2.24) is 20.1 Å². The minimum absolute atomic E-state index is 0.0589. The molecule has 0 saturated heterocycles. The summed E-state index contributed by atoms with van der Waals surface area (Å²) < 4.78 is 6.79. The summed E-state index contributed by atoms with van der Waals surface area (Å²) >= 11 is 12.8. The number of pyridine rings is 1. The number of anilines is 1. The van der Waals surface area contributed by atoms with Gasteiger partial charge in [0.2, 0.25) is 0 Å². The molecule has 3 rings (SSSR count). The van der Waals surface area contributed by atoms with Crippen LogP contribution in [0.1, 0.15) is 26.4 Å². The van der Waals surface area contributed by atoms with Crippen molar-refractivity contribution in [1.29, 1.82) is 0 Å². The summed E-state index contributed by atoms with van der Waals surface area (Å²) in [4.78, 5) is 42.2. The molecule has 3 N–H and O–H groups in total. The zero-order valence-corrected chi connectivity index (χ0v) is 21.7. The SMILES string of the molecule is COC(=O)[C@H](CO)NC(=O)c1cc(Br)cc(C)c1NC(=O)c1cc(Br)nn1-c1ncccc1Cl. The number of aliphatic hydroxyl groups is 1. The molecule has 0 aliphatic rings. The lowest BCUT2D eigenvalue weighted by molar-refractivity contribution is -0.143. The number of benzene rings is 1. The van der Waals surface area contributed by atoms with Crippen molar-refractivity contribution in [2.45, 2.75) is 13.0 Å². The summed E-state index contributed by atoms with van der Waals surface area (Å²) in [5, 5.41) is 19.1. The quantitative estimate of drug-likeness (QED) is 0.347. The Morgan fingerprint density at radius 1 is 1.24 bits per heavy atom. The first kappa shape index (κ1) is 25.8. The molecule has 0 aliphatic carbocycles. The van der Waals surface area contributed by atoms with E-state index < -0.39 is 30.4 Å². The van der Waals surface area contributed by atoms with E-state index in [1.807, 2.05) is 0 Å².